The number of hydrogen-bond donors (Lipinski definition) is 2. The standard InChI is InChI=1S/C8H12O4/c9-7(10)5-3-1-2-4-6(5)8(11)12/h5-6H,1-4H2,(H,9,10)(H,11,12)/i1D,2D,3D,4D,5D,6D. The van der Waals surface area contributed by atoms with Gasteiger partial charge in [0.15, 0.2) is 0 Å². The van der Waals surface area contributed by atoms with E-state index in [4.69, 9.17) is 18.4 Å². The van der Waals surface area contributed by atoms with E-state index >= 15 is 0 Å². The molecule has 4 nitrogen and oxygen atoms in total. The second kappa shape index (κ2) is 3.56. The van der Waals surface area contributed by atoms with Crippen LogP contribution in [0.5, 0.6) is 0 Å². The Morgan fingerprint density at radius 2 is 1.50 bits per heavy atom. The molecule has 1 aliphatic carbocycles. The maximum Gasteiger partial charge on any atom is 0.307 e. The average molecular weight is 178 g/mol. The minimum absolute atomic E-state index is 1.72. The minimum atomic E-state index is -3.16. The van der Waals surface area contributed by atoms with Gasteiger partial charge in [0.05, 0.1) is 11.8 Å². The van der Waals surface area contributed by atoms with E-state index in [2.05, 4.69) is 0 Å². The molecule has 2 N–H and O–H groups in total. The van der Waals surface area contributed by atoms with Crippen molar-refractivity contribution in [2.24, 2.45) is 11.8 Å². The first-order chi connectivity index (χ1) is 8.02. The van der Waals surface area contributed by atoms with Gasteiger partial charge in [-0.05, 0) is 12.8 Å². The molecular weight excluding hydrogens is 160 g/mol. The van der Waals surface area contributed by atoms with E-state index < -0.39 is 49.3 Å². The molecule has 1 rings (SSSR count). The van der Waals surface area contributed by atoms with Gasteiger partial charge >= 0.3 is 11.9 Å². The fourth-order valence-electron chi connectivity index (χ4n) is 0.856. The van der Waals surface area contributed by atoms with E-state index in [1.54, 1.807) is 0 Å². The minimum Gasteiger partial charge on any atom is -0.481 e. The van der Waals surface area contributed by atoms with Crippen molar-refractivity contribution in [3.05, 3.63) is 0 Å². The third-order valence-corrected chi connectivity index (χ3v) is 1.39. The van der Waals surface area contributed by atoms with Crippen molar-refractivity contribution in [1.29, 1.82) is 0 Å². The summed E-state index contributed by atoms with van der Waals surface area (Å²) < 4.78 is 45.1. The lowest BCUT2D eigenvalue weighted by molar-refractivity contribution is -0.155. The first kappa shape index (κ1) is 3.77. The monoisotopic (exact) mass is 178 g/mol. The highest BCUT2D eigenvalue weighted by molar-refractivity contribution is 5.80. The van der Waals surface area contributed by atoms with Crippen molar-refractivity contribution in [2.45, 2.75) is 25.6 Å². The molecule has 12 heavy (non-hydrogen) atoms. The zero-order valence-corrected chi connectivity index (χ0v) is 6.02. The van der Waals surface area contributed by atoms with Crippen LogP contribution in [0.2, 0.25) is 0 Å². The van der Waals surface area contributed by atoms with Crippen molar-refractivity contribution >= 4 is 11.9 Å². The molecule has 0 aliphatic heterocycles. The van der Waals surface area contributed by atoms with Crippen LogP contribution in [0.1, 0.15) is 33.8 Å². The highest BCUT2D eigenvalue weighted by Gasteiger charge is 2.35. The molecule has 6 unspecified atom stereocenters. The first-order valence-electron chi connectivity index (χ1n) is 6.49. The van der Waals surface area contributed by atoms with Gasteiger partial charge in [-0.3, -0.25) is 9.59 Å². The molecule has 0 aromatic rings. The zero-order chi connectivity index (χ0) is 14.5. The van der Waals surface area contributed by atoms with Gasteiger partial charge in [-0.15, -0.1) is 0 Å². The maximum absolute atomic E-state index is 11.1. The summed E-state index contributed by atoms with van der Waals surface area (Å²) >= 11 is 0. The molecule has 0 saturated heterocycles. The number of carboxylic acid groups (broad SMARTS) is 2. The van der Waals surface area contributed by atoms with Crippen LogP contribution in [-0.2, 0) is 9.59 Å². The number of hydrogen-bond acceptors (Lipinski definition) is 2. The Labute approximate surface area is 78.6 Å². The van der Waals surface area contributed by atoms with Gasteiger partial charge in [0, 0.05) is 8.22 Å². The molecule has 4 heteroatoms. The largest absolute Gasteiger partial charge is 0.481 e. The van der Waals surface area contributed by atoms with Gasteiger partial charge < -0.3 is 10.2 Å². The van der Waals surface area contributed by atoms with Gasteiger partial charge in [-0.25, -0.2) is 0 Å². The summed E-state index contributed by atoms with van der Waals surface area (Å²) in [7, 11) is 0. The fraction of sp³-hybridized carbons (Fsp3) is 0.750. The summed E-state index contributed by atoms with van der Waals surface area (Å²) in [6.45, 7) is 0. The average Bonchev–Trinajstić information content (AvgIpc) is 2.30. The van der Waals surface area contributed by atoms with E-state index in [1.165, 1.54) is 0 Å². The van der Waals surface area contributed by atoms with Gasteiger partial charge in [0.25, 0.3) is 0 Å². The smallest absolute Gasteiger partial charge is 0.307 e. The Hall–Kier alpha value is -1.06. The summed E-state index contributed by atoms with van der Waals surface area (Å²) in [5.41, 5.74) is 0. The van der Waals surface area contributed by atoms with Gasteiger partial charge in [-0.2, -0.15) is 0 Å². The Morgan fingerprint density at radius 3 is 1.75 bits per heavy atom. The summed E-state index contributed by atoms with van der Waals surface area (Å²) in [6, 6.07) is 0. The Kier molecular flexibility index (Phi) is 1.12. The molecule has 1 saturated carbocycles. The van der Waals surface area contributed by atoms with Crippen molar-refractivity contribution < 1.29 is 28.0 Å². The second-order valence-corrected chi connectivity index (χ2v) is 2.16. The molecule has 0 amide bonds. The summed E-state index contributed by atoms with van der Waals surface area (Å²) in [4.78, 5) is 22.2. The number of rotatable bonds is 2. The molecule has 6 atom stereocenters. The Morgan fingerprint density at radius 1 is 1.17 bits per heavy atom. The molecular formula is C8H12O4. The fourth-order valence-corrected chi connectivity index (χ4v) is 0.856. The van der Waals surface area contributed by atoms with E-state index in [-0.39, 0.29) is 0 Å². The maximum atomic E-state index is 11.1. The predicted octanol–water partition coefficient (Wildman–Crippen LogP) is 0.962. The summed E-state index contributed by atoms with van der Waals surface area (Å²) in [5, 5.41) is 17.9. The van der Waals surface area contributed by atoms with Gasteiger partial charge in [0.1, 0.15) is 0 Å². The van der Waals surface area contributed by atoms with E-state index in [0.29, 0.717) is 0 Å². The number of carbonyl (C=O) groups is 2. The van der Waals surface area contributed by atoms with Crippen LogP contribution in [0, 0.1) is 11.8 Å². The quantitative estimate of drug-likeness (QED) is 0.660. The first-order valence-corrected chi connectivity index (χ1v) is 3.18. The lowest BCUT2D eigenvalue weighted by Gasteiger charge is -2.24. The predicted molar refractivity (Wildman–Crippen MR) is 40.7 cm³/mol. The highest BCUT2D eigenvalue weighted by atomic mass is 16.4. The van der Waals surface area contributed by atoms with Crippen LogP contribution >= 0.6 is 0 Å². The van der Waals surface area contributed by atoms with Crippen LogP contribution in [0.15, 0.2) is 0 Å². The molecule has 68 valence electrons. The van der Waals surface area contributed by atoms with Crippen molar-refractivity contribution in [3.8, 4) is 0 Å². The van der Waals surface area contributed by atoms with Crippen LogP contribution < -0.4 is 0 Å². The van der Waals surface area contributed by atoms with Crippen LogP contribution in [0.3, 0.4) is 0 Å². The van der Waals surface area contributed by atoms with E-state index in [0.717, 1.165) is 0 Å². The van der Waals surface area contributed by atoms with E-state index in [9.17, 15) is 9.59 Å². The van der Waals surface area contributed by atoms with Crippen molar-refractivity contribution in [3.63, 3.8) is 0 Å². The highest BCUT2D eigenvalue weighted by Crippen LogP contribution is 2.30. The van der Waals surface area contributed by atoms with E-state index in [1.807, 2.05) is 0 Å². The molecule has 0 aromatic heterocycles. The Bertz CT molecular complexity index is 356. The summed E-state index contributed by atoms with van der Waals surface area (Å²) in [5.74, 6) is -10.4. The lowest BCUT2D eigenvalue weighted by atomic mass is 9.79. The normalized spacial score (nSPS) is 73.7. The molecule has 0 spiro atoms. The van der Waals surface area contributed by atoms with Crippen LogP contribution in [0.25, 0.3) is 0 Å². The topological polar surface area (TPSA) is 74.6 Å². The molecule has 1 fully saturated rings. The third-order valence-electron chi connectivity index (χ3n) is 1.39. The molecule has 0 radical (unpaired) electrons. The Balaban J connectivity index is 3.51. The SMILES string of the molecule is [2H]C1C([2H])C([2H])C([2H])(C(=O)O)C([2H])(C(=O)O)C1[2H]. The van der Waals surface area contributed by atoms with Crippen LogP contribution in [-0.4, -0.2) is 22.2 Å². The zero-order valence-electron chi connectivity index (χ0n) is 12.0. The van der Waals surface area contributed by atoms with Crippen molar-refractivity contribution in [2.75, 3.05) is 0 Å². The molecule has 0 heterocycles. The lowest BCUT2D eigenvalue weighted by Crippen LogP contribution is -2.32. The van der Waals surface area contributed by atoms with Gasteiger partial charge in [0.2, 0.25) is 0 Å². The summed E-state index contributed by atoms with van der Waals surface area (Å²) in [6.07, 6.45) is -7.63. The number of aliphatic carboxylic acids is 2. The van der Waals surface area contributed by atoms with Crippen LogP contribution in [0.4, 0.5) is 0 Å². The number of carboxylic acids is 2. The van der Waals surface area contributed by atoms with Crippen molar-refractivity contribution in [1.82, 2.24) is 0 Å². The molecule has 1 aliphatic rings. The molecule has 0 bridgehead atoms. The third kappa shape index (κ3) is 1.75. The molecule has 0 aromatic carbocycles. The van der Waals surface area contributed by atoms with Gasteiger partial charge in [-0.1, -0.05) is 12.8 Å². The second-order valence-electron chi connectivity index (χ2n) is 2.16.